The van der Waals surface area contributed by atoms with Gasteiger partial charge in [0.05, 0.1) is 17.3 Å². The number of primary amides is 1. The summed E-state index contributed by atoms with van der Waals surface area (Å²) >= 11 is 6.06. The normalized spacial score (nSPS) is 12.0. The molecule has 0 radical (unpaired) electrons. The van der Waals surface area contributed by atoms with E-state index in [-0.39, 0.29) is 18.5 Å². The van der Waals surface area contributed by atoms with Gasteiger partial charge in [-0.25, -0.2) is 19.3 Å². The molecule has 0 aliphatic rings. The molecular formula is C21H18ClFN6O2. The number of nitrogens with two attached hydrogens (primary N) is 1. The highest BCUT2D eigenvalue weighted by Gasteiger charge is 2.16. The number of H-pyrrole nitrogens is 1. The van der Waals surface area contributed by atoms with Gasteiger partial charge in [-0.2, -0.15) is 0 Å². The van der Waals surface area contributed by atoms with Crippen molar-refractivity contribution >= 4 is 34.4 Å². The van der Waals surface area contributed by atoms with Crippen molar-refractivity contribution in [1.29, 1.82) is 0 Å². The standard InChI is InChI=1S/C21H18ClFN6O2/c1-11(12-3-2-4-14(5-12)31-10-18(24)30)28-21-17(23)9-27-20(29-21)16-8-26-19-15(16)6-13(22)7-25-19/h2-9,11H,10H2,1H3,(H2,24,30)(H,25,26)(H,27,28,29)/t11-/m0/s1. The highest BCUT2D eigenvalue weighted by atomic mass is 35.5. The van der Waals surface area contributed by atoms with E-state index in [0.29, 0.717) is 27.8 Å². The number of carbonyl (C=O) groups excluding carboxylic acids is 1. The van der Waals surface area contributed by atoms with Crippen molar-refractivity contribution < 1.29 is 13.9 Å². The Morgan fingerprint density at radius 3 is 2.97 bits per heavy atom. The second-order valence-electron chi connectivity index (χ2n) is 6.84. The van der Waals surface area contributed by atoms with Gasteiger partial charge in [0.25, 0.3) is 5.91 Å². The molecule has 0 unspecified atom stereocenters. The first kappa shape index (κ1) is 20.5. The molecule has 10 heteroatoms. The molecule has 158 valence electrons. The first-order chi connectivity index (χ1) is 14.9. The zero-order valence-corrected chi connectivity index (χ0v) is 17.2. The summed E-state index contributed by atoms with van der Waals surface area (Å²) in [5, 5.41) is 4.26. The van der Waals surface area contributed by atoms with E-state index < -0.39 is 11.7 Å². The maximum absolute atomic E-state index is 14.4. The van der Waals surface area contributed by atoms with E-state index in [0.717, 1.165) is 17.1 Å². The lowest BCUT2D eigenvalue weighted by Gasteiger charge is -2.17. The summed E-state index contributed by atoms with van der Waals surface area (Å²) in [6, 6.07) is 8.51. The molecule has 1 aromatic carbocycles. The third-order valence-corrected chi connectivity index (χ3v) is 4.78. The van der Waals surface area contributed by atoms with Gasteiger partial charge < -0.3 is 20.8 Å². The highest BCUT2D eigenvalue weighted by molar-refractivity contribution is 6.31. The van der Waals surface area contributed by atoms with Crippen LogP contribution in [0.4, 0.5) is 10.2 Å². The molecular weight excluding hydrogens is 423 g/mol. The number of amides is 1. The Kier molecular flexibility index (Phi) is 5.68. The third kappa shape index (κ3) is 4.56. The van der Waals surface area contributed by atoms with Crippen LogP contribution in [-0.2, 0) is 4.79 Å². The summed E-state index contributed by atoms with van der Waals surface area (Å²) in [4.78, 5) is 26.6. The zero-order chi connectivity index (χ0) is 22.0. The van der Waals surface area contributed by atoms with Crippen LogP contribution in [0.25, 0.3) is 22.4 Å². The summed E-state index contributed by atoms with van der Waals surface area (Å²) < 4.78 is 19.8. The van der Waals surface area contributed by atoms with Gasteiger partial charge in [0.1, 0.15) is 11.4 Å². The summed E-state index contributed by atoms with van der Waals surface area (Å²) in [6.07, 6.45) is 4.35. The lowest BCUT2D eigenvalue weighted by atomic mass is 10.1. The minimum atomic E-state index is -0.590. The topological polar surface area (TPSA) is 119 Å². The molecule has 0 fully saturated rings. The van der Waals surface area contributed by atoms with Crippen LogP contribution < -0.4 is 15.8 Å². The fourth-order valence-corrected chi connectivity index (χ4v) is 3.24. The zero-order valence-electron chi connectivity index (χ0n) is 16.4. The number of nitrogens with zero attached hydrogens (tertiary/aromatic N) is 3. The van der Waals surface area contributed by atoms with Gasteiger partial charge in [0, 0.05) is 23.3 Å². The van der Waals surface area contributed by atoms with Crippen molar-refractivity contribution in [3.8, 4) is 17.1 Å². The SMILES string of the molecule is C[C@H](Nc1nc(-c2c[nH]c3ncc(Cl)cc23)ncc1F)c1cccc(OCC(N)=O)c1. The minimum Gasteiger partial charge on any atom is -0.484 e. The molecule has 0 bridgehead atoms. The summed E-state index contributed by atoms with van der Waals surface area (Å²) in [5.41, 5.74) is 7.20. The predicted octanol–water partition coefficient (Wildman–Crippen LogP) is 3.85. The Bertz CT molecular complexity index is 1260. The number of aromatic nitrogens is 4. The Morgan fingerprint density at radius 1 is 1.32 bits per heavy atom. The lowest BCUT2D eigenvalue weighted by molar-refractivity contribution is -0.119. The third-order valence-electron chi connectivity index (χ3n) is 4.58. The van der Waals surface area contributed by atoms with Gasteiger partial charge >= 0.3 is 0 Å². The molecule has 3 aromatic heterocycles. The number of nitrogens with one attached hydrogen (secondary N) is 2. The van der Waals surface area contributed by atoms with E-state index in [2.05, 4.69) is 25.3 Å². The van der Waals surface area contributed by atoms with Crippen LogP contribution in [0.15, 0.2) is 48.9 Å². The Balaban J connectivity index is 1.60. The van der Waals surface area contributed by atoms with Crippen molar-refractivity contribution in [1.82, 2.24) is 19.9 Å². The molecule has 0 aliphatic heterocycles. The fourth-order valence-electron chi connectivity index (χ4n) is 3.08. The largest absolute Gasteiger partial charge is 0.484 e. The van der Waals surface area contributed by atoms with Crippen LogP contribution in [0, 0.1) is 5.82 Å². The molecule has 0 saturated heterocycles. The van der Waals surface area contributed by atoms with Crippen LogP contribution in [-0.4, -0.2) is 32.4 Å². The number of pyridine rings is 1. The summed E-state index contributed by atoms with van der Waals surface area (Å²) in [7, 11) is 0. The molecule has 4 rings (SSSR count). The van der Waals surface area contributed by atoms with Crippen LogP contribution >= 0.6 is 11.6 Å². The van der Waals surface area contributed by atoms with E-state index in [1.165, 1.54) is 6.20 Å². The predicted molar refractivity (Wildman–Crippen MR) is 115 cm³/mol. The maximum Gasteiger partial charge on any atom is 0.255 e. The molecule has 4 aromatic rings. The maximum atomic E-state index is 14.4. The van der Waals surface area contributed by atoms with Crippen LogP contribution in [0.3, 0.4) is 0 Å². The average molecular weight is 441 g/mol. The number of aromatic amines is 1. The first-order valence-corrected chi connectivity index (χ1v) is 9.71. The molecule has 8 nitrogen and oxygen atoms in total. The van der Waals surface area contributed by atoms with Gasteiger partial charge in [0.2, 0.25) is 0 Å². The summed E-state index contributed by atoms with van der Waals surface area (Å²) in [5.74, 6) is -0.305. The van der Waals surface area contributed by atoms with Crippen LogP contribution in [0.2, 0.25) is 5.02 Å². The number of fused-ring (bicyclic) bond motifs is 1. The number of carbonyl (C=O) groups is 1. The number of ether oxygens (including phenoxy) is 1. The number of benzene rings is 1. The quantitative estimate of drug-likeness (QED) is 0.401. The van der Waals surface area contributed by atoms with Crippen molar-refractivity contribution in [3.63, 3.8) is 0 Å². The number of hydrogen-bond donors (Lipinski definition) is 3. The average Bonchev–Trinajstić information content (AvgIpc) is 3.17. The van der Waals surface area contributed by atoms with Crippen LogP contribution in [0.5, 0.6) is 5.75 Å². The van der Waals surface area contributed by atoms with Crippen molar-refractivity contribution in [2.45, 2.75) is 13.0 Å². The molecule has 4 N–H and O–H groups in total. The van der Waals surface area contributed by atoms with Gasteiger partial charge in [-0.15, -0.1) is 0 Å². The van der Waals surface area contributed by atoms with E-state index in [1.54, 1.807) is 30.5 Å². The Labute approximate surface area is 181 Å². The van der Waals surface area contributed by atoms with E-state index in [9.17, 15) is 9.18 Å². The smallest absolute Gasteiger partial charge is 0.255 e. The summed E-state index contributed by atoms with van der Waals surface area (Å²) in [6.45, 7) is 1.63. The Hall–Kier alpha value is -3.72. The minimum absolute atomic E-state index is 0.0466. The van der Waals surface area contributed by atoms with E-state index in [1.807, 2.05) is 13.0 Å². The van der Waals surface area contributed by atoms with Crippen molar-refractivity contribution in [3.05, 3.63) is 65.3 Å². The number of rotatable bonds is 7. The van der Waals surface area contributed by atoms with Crippen molar-refractivity contribution in [2.75, 3.05) is 11.9 Å². The van der Waals surface area contributed by atoms with E-state index >= 15 is 0 Å². The van der Waals surface area contributed by atoms with Crippen LogP contribution in [0.1, 0.15) is 18.5 Å². The molecule has 1 amide bonds. The Morgan fingerprint density at radius 2 is 2.16 bits per heavy atom. The van der Waals surface area contributed by atoms with Crippen molar-refractivity contribution in [2.24, 2.45) is 5.73 Å². The fraction of sp³-hybridized carbons (Fsp3) is 0.143. The van der Waals surface area contributed by atoms with Gasteiger partial charge in [-0.05, 0) is 30.7 Å². The molecule has 0 aliphatic carbocycles. The second kappa shape index (κ2) is 8.57. The van der Waals surface area contributed by atoms with Gasteiger partial charge in [0.15, 0.2) is 24.1 Å². The molecule has 0 spiro atoms. The van der Waals surface area contributed by atoms with E-state index in [4.69, 9.17) is 22.1 Å². The number of anilines is 1. The highest BCUT2D eigenvalue weighted by Crippen LogP contribution is 2.29. The first-order valence-electron chi connectivity index (χ1n) is 9.34. The molecule has 3 heterocycles. The monoisotopic (exact) mass is 440 g/mol. The second-order valence-corrected chi connectivity index (χ2v) is 7.27. The number of hydrogen-bond acceptors (Lipinski definition) is 6. The molecule has 0 saturated carbocycles. The number of halogens is 2. The molecule has 31 heavy (non-hydrogen) atoms. The van der Waals surface area contributed by atoms with Gasteiger partial charge in [-0.3, -0.25) is 4.79 Å². The molecule has 1 atom stereocenters. The van der Waals surface area contributed by atoms with Gasteiger partial charge in [-0.1, -0.05) is 23.7 Å². The lowest BCUT2D eigenvalue weighted by Crippen LogP contribution is -2.20.